The summed E-state index contributed by atoms with van der Waals surface area (Å²) in [4.78, 5) is 0. The van der Waals surface area contributed by atoms with Gasteiger partial charge in [0.1, 0.15) is 0 Å². The summed E-state index contributed by atoms with van der Waals surface area (Å²) in [5.41, 5.74) is 5.13. The van der Waals surface area contributed by atoms with E-state index in [4.69, 9.17) is 0 Å². The van der Waals surface area contributed by atoms with E-state index in [1.54, 1.807) is 0 Å². The third-order valence-electron chi connectivity index (χ3n) is 5.82. The zero-order valence-electron chi connectivity index (χ0n) is 16.3. The van der Waals surface area contributed by atoms with Crippen LogP contribution in [0.15, 0.2) is 121 Å². The van der Waals surface area contributed by atoms with Gasteiger partial charge in [-0.3, -0.25) is 0 Å². The van der Waals surface area contributed by atoms with Crippen molar-refractivity contribution in [1.29, 1.82) is 0 Å². The van der Waals surface area contributed by atoms with Gasteiger partial charge in [-0.2, -0.15) is 0 Å². The van der Waals surface area contributed by atoms with Gasteiger partial charge in [-0.15, -0.1) is 0 Å². The van der Waals surface area contributed by atoms with Crippen molar-refractivity contribution in [1.82, 2.24) is 0 Å². The minimum atomic E-state index is -0.250. The quantitative estimate of drug-likeness (QED) is 0.215. The molecule has 0 amide bonds. The van der Waals surface area contributed by atoms with Crippen LogP contribution in [-0.4, -0.2) is 48.9 Å². The minimum absolute atomic E-state index is 0. The van der Waals surface area contributed by atoms with Crippen LogP contribution < -0.4 is 0 Å². The Morgan fingerprint density at radius 3 is 1.14 bits per heavy atom. The second-order valence-electron chi connectivity index (χ2n) is 7.28. The molecule has 0 radical (unpaired) electrons. The molecule has 0 saturated carbocycles. The van der Waals surface area contributed by atoms with Crippen molar-refractivity contribution in [3.05, 3.63) is 144 Å². The zero-order valence-corrected chi connectivity index (χ0v) is 16.3. The van der Waals surface area contributed by atoms with E-state index >= 15 is 0 Å². The van der Waals surface area contributed by atoms with Crippen molar-refractivity contribution in [2.24, 2.45) is 0 Å². The molecule has 29 heavy (non-hydrogen) atoms. The fourth-order valence-corrected chi connectivity index (χ4v) is 4.68. The summed E-state index contributed by atoms with van der Waals surface area (Å²) in [7, 11) is 0. The fraction of sp³-hybridized carbons (Fsp3) is 0.143. The summed E-state index contributed by atoms with van der Waals surface area (Å²) in [6, 6.07) is 43.9. The zero-order chi connectivity index (χ0) is 19.2. The molecule has 4 aromatic carbocycles. The molecule has 0 aromatic heterocycles. The van der Waals surface area contributed by atoms with Gasteiger partial charge in [0.05, 0.1) is 5.41 Å². The molecule has 0 heterocycles. The van der Waals surface area contributed by atoms with Gasteiger partial charge >= 0.3 is 48.9 Å². The van der Waals surface area contributed by atoms with Gasteiger partial charge in [0.15, 0.2) is 0 Å². The van der Waals surface area contributed by atoms with E-state index < -0.39 is 0 Å². The van der Waals surface area contributed by atoms with E-state index in [9.17, 15) is 0 Å². The molecule has 0 spiro atoms. The first kappa shape index (κ1) is 22.1. The molecule has 0 saturated heterocycles. The monoisotopic (exact) mass is 502 g/mol. The van der Waals surface area contributed by atoms with Crippen LogP contribution in [-0.2, 0) is 5.41 Å². The van der Waals surface area contributed by atoms with E-state index in [0.29, 0.717) is 5.92 Å². The van der Waals surface area contributed by atoms with Crippen LogP contribution in [0.5, 0.6) is 0 Å². The molecule has 4 rings (SSSR count). The van der Waals surface area contributed by atoms with Crippen LogP contribution in [0, 0.1) is 0 Å². The molecule has 0 aliphatic carbocycles. The molecule has 4 aromatic rings. The molecular weight excluding hydrogens is 474 g/mol. The van der Waals surface area contributed by atoms with Crippen molar-refractivity contribution in [3.8, 4) is 0 Å². The van der Waals surface area contributed by atoms with Crippen molar-refractivity contribution in [3.63, 3.8) is 0 Å². The van der Waals surface area contributed by atoms with Gasteiger partial charge in [0, 0.05) is 5.92 Å². The van der Waals surface area contributed by atoms with Gasteiger partial charge < -0.3 is 0 Å². The molecule has 1 heteroatoms. The van der Waals surface area contributed by atoms with E-state index in [2.05, 4.69) is 128 Å². The average Bonchev–Trinajstić information content (AvgIpc) is 2.80. The average molecular weight is 502 g/mol. The van der Waals surface area contributed by atoms with Crippen molar-refractivity contribution < 1.29 is 0 Å². The molecule has 0 fully saturated rings. The third kappa shape index (κ3) is 4.33. The molecular formula is C28H28Ba. The Balaban J connectivity index is 0.00000240. The van der Waals surface area contributed by atoms with E-state index in [-0.39, 0.29) is 54.3 Å². The predicted molar refractivity (Wildman–Crippen MR) is 127 cm³/mol. The summed E-state index contributed by atoms with van der Waals surface area (Å²) >= 11 is 0. The Morgan fingerprint density at radius 1 is 0.517 bits per heavy atom. The molecule has 142 valence electrons. The van der Waals surface area contributed by atoms with Gasteiger partial charge in [-0.25, -0.2) is 0 Å². The van der Waals surface area contributed by atoms with Crippen molar-refractivity contribution in [2.75, 3.05) is 0 Å². The Bertz CT molecular complexity index is 883. The normalized spacial score (nSPS) is 12.0. The standard InChI is InChI=1S/C28H26.Ba.2H/c1-2-27(23-15-7-3-8-16-23)28(24-17-9-4-10-18-24,25-19-11-5-12-20-25)26-21-13-6-14-22-26;;;/h3-22,27H,2H2,1H3;;;. The summed E-state index contributed by atoms with van der Waals surface area (Å²) in [5.74, 6) is 0.320. The Kier molecular flexibility index (Phi) is 8.00. The fourth-order valence-electron chi connectivity index (χ4n) is 4.68. The van der Waals surface area contributed by atoms with Crippen molar-refractivity contribution >= 4 is 48.9 Å². The summed E-state index contributed by atoms with van der Waals surface area (Å²) in [6.07, 6.45) is 1.04. The van der Waals surface area contributed by atoms with E-state index in [1.807, 2.05) is 0 Å². The summed E-state index contributed by atoms with van der Waals surface area (Å²) in [6.45, 7) is 2.31. The molecule has 1 atom stereocenters. The molecule has 0 aliphatic rings. The number of hydrogen-bond donors (Lipinski definition) is 0. The Labute approximate surface area is 215 Å². The summed E-state index contributed by atoms with van der Waals surface area (Å²) in [5, 5.41) is 0. The molecule has 0 bridgehead atoms. The van der Waals surface area contributed by atoms with Crippen LogP contribution >= 0.6 is 0 Å². The van der Waals surface area contributed by atoms with Crippen LogP contribution in [0.25, 0.3) is 0 Å². The first-order chi connectivity index (χ1) is 13.9. The molecule has 1 unspecified atom stereocenters. The topological polar surface area (TPSA) is 0 Å². The van der Waals surface area contributed by atoms with Gasteiger partial charge in [0.25, 0.3) is 0 Å². The van der Waals surface area contributed by atoms with Crippen LogP contribution in [0.1, 0.15) is 41.5 Å². The van der Waals surface area contributed by atoms with E-state index in [1.165, 1.54) is 22.3 Å². The van der Waals surface area contributed by atoms with Gasteiger partial charge in [0.2, 0.25) is 0 Å². The van der Waals surface area contributed by atoms with E-state index in [0.717, 1.165) is 6.42 Å². The molecule has 0 N–H and O–H groups in total. The maximum absolute atomic E-state index is 2.31. The van der Waals surface area contributed by atoms with Crippen molar-refractivity contribution in [2.45, 2.75) is 24.7 Å². The van der Waals surface area contributed by atoms with Gasteiger partial charge in [-0.1, -0.05) is 128 Å². The summed E-state index contributed by atoms with van der Waals surface area (Å²) < 4.78 is 0. The molecule has 0 nitrogen and oxygen atoms in total. The Morgan fingerprint density at radius 2 is 0.828 bits per heavy atom. The number of benzene rings is 4. The van der Waals surface area contributed by atoms with Crippen LogP contribution in [0.3, 0.4) is 0 Å². The number of rotatable bonds is 6. The number of hydrogen-bond acceptors (Lipinski definition) is 0. The maximum atomic E-state index is 2.31. The first-order valence-electron chi connectivity index (χ1n) is 10.1. The second kappa shape index (κ2) is 10.5. The first-order valence-corrected chi connectivity index (χ1v) is 10.1. The van der Waals surface area contributed by atoms with Crippen LogP contribution in [0.4, 0.5) is 0 Å². The second-order valence-corrected chi connectivity index (χ2v) is 7.28. The SMILES string of the molecule is CCC(c1ccccc1)C(c1ccccc1)(c1ccccc1)c1ccccc1.[BaH2]. The third-order valence-corrected chi connectivity index (χ3v) is 5.82. The predicted octanol–water partition coefficient (Wildman–Crippen LogP) is 6.30. The molecule has 0 aliphatic heterocycles. The van der Waals surface area contributed by atoms with Crippen LogP contribution in [0.2, 0.25) is 0 Å². The Hall–Kier alpha value is -1.55. The van der Waals surface area contributed by atoms with Gasteiger partial charge in [-0.05, 0) is 28.7 Å².